The summed E-state index contributed by atoms with van der Waals surface area (Å²) in [6, 6.07) is 0. The van der Waals surface area contributed by atoms with Gasteiger partial charge in [0.2, 0.25) is 0 Å². The minimum Gasteiger partial charge on any atom is -0.233 e. The molecule has 0 radical (unpaired) electrons. The fraction of sp³-hybridized carbons (Fsp3) is 0.214. The second-order valence-electron chi connectivity index (χ2n) is 3.81. The summed E-state index contributed by atoms with van der Waals surface area (Å²) in [6.45, 7) is 15.6. The van der Waals surface area contributed by atoms with Crippen molar-refractivity contribution in [1.29, 1.82) is 0 Å². The first kappa shape index (κ1) is 12.2. The molecule has 2 nitrogen and oxygen atoms in total. The van der Waals surface area contributed by atoms with Crippen LogP contribution < -0.4 is 4.57 Å². The Morgan fingerprint density at radius 3 is 2.44 bits per heavy atom. The van der Waals surface area contributed by atoms with Crippen LogP contribution in [0.5, 0.6) is 0 Å². The van der Waals surface area contributed by atoms with E-state index in [1.807, 2.05) is 30.1 Å². The summed E-state index contributed by atoms with van der Waals surface area (Å²) >= 11 is 0. The van der Waals surface area contributed by atoms with Gasteiger partial charge in [0.05, 0.1) is 7.05 Å². The Hall–Kier alpha value is -1.83. The number of allylic oxidation sites excluding steroid dienone is 5. The van der Waals surface area contributed by atoms with Gasteiger partial charge < -0.3 is 0 Å². The minimum atomic E-state index is 0.867. The third-order valence-electron chi connectivity index (χ3n) is 2.78. The van der Waals surface area contributed by atoms with Gasteiger partial charge in [0.25, 0.3) is 5.82 Å². The van der Waals surface area contributed by atoms with E-state index >= 15 is 0 Å². The Morgan fingerprint density at radius 1 is 1.31 bits per heavy atom. The summed E-state index contributed by atoms with van der Waals surface area (Å²) in [5.41, 5.74) is 3.21. The van der Waals surface area contributed by atoms with Gasteiger partial charge in [-0.2, -0.15) is 4.57 Å². The summed E-state index contributed by atoms with van der Waals surface area (Å²) in [5, 5.41) is 0. The van der Waals surface area contributed by atoms with Gasteiger partial charge in [-0.15, -0.1) is 0 Å². The van der Waals surface area contributed by atoms with Crippen LogP contribution in [0, 0.1) is 0 Å². The van der Waals surface area contributed by atoms with Crippen LogP contribution in [0.4, 0.5) is 0 Å². The third kappa shape index (κ3) is 2.06. The SMILES string of the molecule is C=CC(=C)n1cc[n+](C)c1/C(C)=C(\C)C=C. The standard InChI is InChI=1S/C14H19N2/c1-7-11(3)13(5)14-15(6)9-10-16(14)12(4)8-2/h7-10H,1-2,4H2,3,5-6H3/q+1/b13-11+. The number of nitrogens with zero attached hydrogens (tertiary/aromatic N) is 2. The Bertz CT molecular complexity index is 473. The normalized spacial score (nSPS) is 11.9. The quantitative estimate of drug-likeness (QED) is 0.539. The van der Waals surface area contributed by atoms with E-state index < -0.39 is 0 Å². The molecular formula is C14H19N2+. The summed E-state index contributed by atoms with van der Waals surface area (Å²) in [4.78, 5) is 0. The molecule has 0 aliphatic carbocycles. The lowest BCUT2D eigenvalue weighted by molar-refractivity contribution is -0.673. The van der Waals surface area contributed by atoms with Gasteiger partial charge in [-0.1, -0.05) is 25.8 Å². The molecule has 2 heteroatoms. The molecule has 0 aliphatic rings. The van der Waals surface area contributed by atoms with Gasteiger partial charge in [-0.3, -0.25) is 0 Å². The molecule has 0 unspecified atom stereocenters. The Morgan fingerprint density at radius 2 is 1.94 bits per heavy atom. The van der Waals surface area contributed by atoms with Gasteiger partial charge in [-0.05, 0) is 25.5 Å². The number of imidazole rings is 1. The molecule has 0 spiro atoms. The molecule has 0 aliphatic heterocycles. The molecular weight excluding hydrogens is 196 g/mol. The number of aryl methyl sites for hydroxylation is 1. The number of hydrogen-bond donors (Lipinski definition) is 0. The van der Waals surface area contributed by atoms with Crippen molar-refractivity contribution in [3.8, 4) is 0 Å². The third-order valence-corrected chi connectivity index (χ3v) is 2.78. The fourth-order valence-electron chi connectivity index (χ4n) is 1.58. The molecule has 1 rings (SSSR count). The second-order valence-corrected chi connectivity index (χ2v) is 3.81. The lowest BCUT2D eigenvalue weighted by Gasteiger charge is -2.04. The van der Waals surface area contributed by atoms with Crippen molar-refractivity contribution in [3.63, 3.8) is 0 Å². The predicted molar refractivity (Wildman–Crippen MR) is 69.6 cm³/mol. The van der Waals surface area contributed by atoms with E-state index in [1.165, 1.54) is 5.57 Å². The molecule has 0 bridgehead atoms. The summed E-state index contributed by atoms with van der Waals surface area (Å²) < 4.78 is 4.09. The fourth-order valence-corrected chi connectivity index (χ4v) is 1.58. The van der Waals surface area contributed by atoms with Crippen molar-refractivity contribution >= 4 is 11.3 Å². The Kier molecular flexibility index (Phi) is 3.67. The smallest absolute Gasteiger partial charge is 0.233 e. The van der Waals surface area contributed by atoms with Gasteiger partial charge >= 0.3 is 0 Å². The van der Waals surface area contributed by atoms with Crippen LogP contribution in [-0.4, -0.2) is 4.57 Å². The van der Waals surface area contributed by atoms with E-state index in [9.17, 15) is 0 Å². The van der Waals surface area contributed by atoms with E-state index in [0.717, 1.165) is 17.1 Å². The van der Waals surface area contributed by atoms with Crippen LogP contribution in [0.2, 0.25) is 0 Å². The molecule has 1 aromatic heterocycles. The van der Waals surface area contributed by atoms with Crippen molar-refractivity contribution < 1.29 is 4.57 Å². The van der Waals surface area contributed by atoms with Crippen molar-refractivity contribution in [1.82, 2.24) is 4.57 Å². The van der Waals surface area contributed by atoms with E-state index in [4.69, 9.17) is 0 Å². The topological polar surface area (TPSA) is 8.81 Å². The zero-order valence-corrected chi connectivity index (χ0v) is 10.3. The first-order valence-corrected chi connectivity index (χ1v) is 5.22. The maximum atomic E-state index is 3.97. The molecule has 84 valence electrons. The number of hydrogen-bond acceptors (Lipinski definition) is 0. The van der Waals surface area contributed by atoms with Crippen LogP contribution in [-0.2, 0) is 7.05 Å². The van der Waals surface area contributed by atoms with E-state index in [-0.39, 0.29) is 0 Å². The molecule has 0 saturated carbocycles. The highest BCUT2D eigenvalue weighted by atomic mass is 15.1. The number of aromatic nitrogens is 2. The number of rotatable bonds is 4. The van der Waals surface area contributed by atoms with E-state index in [2.05, 4.69) is 38.2 Å². The molecule has 0 amide bonds. The molecule has 0 atom stereocenters. The zero-order valence-electron chi connectivity index (χ0n) is 10.3. The zero-order chi connectivity index (χ0) is 12.3. The molecule has 0 aromatic carbocycles. The van der Waals surface area contributed by atoms with Crippen LogP contribution in [0.25, 0.3) is 11.3 Å². The summed E-state index contributed by atoms with van der Waals surface area (Å²) in [5.74, 6) is 1.10. The molecule has 1 heterocycles. The molecule has 0 fully saturated rings. The van der Waals surface area contributed by atoms with Crippen LogP contribution in [0.3, 0.4) is 0 Å². The van der Waals surface area contributed by atoms with Gasteiger partial charge in [-0.25, -0.2) is 4.57 Å². The van der Waals surface area contributed by atoms with E-state index in [0.29, 0.717) is 0 Å². The first-order valence-electron chi connectivity index (χ1n) is 5.22. The minimum absolute atomic E-state index is 0.867. The average molecular weight is 215 g/mol. The highest BCUT2D eigenvalue weighted by Gasteiger charge is 2.18. The molecule has 0 saturated heterocycles. The predicted octanol–water partition coefficient (Wildman–Crippen LogP) is 2.95. The highest BCUT2D eigenvalue weighted by molar-refractivity contribution is 5.66. The van der Waals surface area contributed by atoms with Gasteiger partial charge in [0.15, 0.2) is 0 Å². The average Bonchev–Trinajstić information content (AvgIpc) is 2.68. The molecule has 1 aromatic rings. The summed E-state index contributed by atoms with van der Waals surface area (Å²) in [6.07, 6.45) is 7.60. The first-order chi connectivity index (χ1) is 7.52. The van der Waals surface area contributed by atoms with Crippen molar-refractivity contribution in [2.45, 2.75) is 13.8 Å². The highest BCUT2D eigenvalue weighted by Crippen LogP contribution is 2.18. The van der Waals surface area contributed by atoms with Crippen LogP contribution in [0.15, 0.2) is 49.9 Å². The Balaban J connectivity index is 3.44. The van der Waals surface area contributed by atoms with Crippen molar-refractivity contribution in [2.75, 3.05) is 0 Å². The molecule has 0 N–H and O–H groups in total. The van der Waals surface area contributed by atoms with Crippen molar-refractivity contribution in [3.05, 3.63) is 55.7 Å². The van der Waals surface area contributed by atoms with Crippen LogP contribution in [0.1, 0.15) is 19.7 Å². The van der Waals surface area contributed by atoms with Crippen LogP contribution >= 0.6 is 0 Å². The Labute approximate surface area is 97.5 Å². The molecule has 16 heavy (non-hydrogen) atoms. The summed E-state index contributed by atoms with van der Waals surface area (Å²) in [7, 11) is 2.02. The monoisotopic (exact) mass is 215 g/mol. The maximum absolute atomic E-state index is 3.97. The van der Waals surface area contributed by atoms with Gasteiger partial charge in [0, 0.05) is 5.57 Å². The second kappa shape index (κ2) is 4.79. The van der Waals surface area contributed by atoms with Crippen molar-refractivity contribution in [2.24, 2.45) is 7.05 Å². The maximum Gasteiger partial charge on any atom is 0.289 e. The lowest BCUT2D eigenvalue weighted by atomic mass is 10.1. The van der Waals surface area contributed by atoms with E-state index in [1.54, 1.807) is 6.08 Å². The lowest BCUT2D eigenvalue weighted by Crippen LogP contribution is -2.31. The largest absolute Gasteiger partial charge is 0.289 e. The van der Waals surface area contributed by atoms with Gasteiger partial charge in [0.1, 0.15) is 18.1 Å².